The van der Waals surface area contributed by atoms with Gasteiger partial charge in [0.25, 0.3) is 0 Å². The van der Waals surface area contributed by atoms with Gasteiger partial charge < -0.3 is 0 Å². The van der Waals surface area contributed by atoms with E-state index in [-0.39, 0.29) is 0 Å². The van der Waals surface area contributed by atoms with Crippen LogP contribution in [0, 0.1) is 0 Å². The Balaban J connectivity index is 2.32. The SMILES string of the molecule is C[C@@H]1CN=NN1. The first-order chi connectivity index (χ1) is 2.89. The zero-order valence-electron chi connectivity index (χ0n) is 3.68. The normalized spacial score (nSPS) is 30.5. The van der Waals surface area contributed by atoms with Gasteiger partial charge in [-0.2, -0.15) is 5.11 Å². The second-order valence-corrected chi connectivity index (χ2v) is 1.45. The molecule has 0 aliphatic carbocycles. The predicted octanol–water partition coefficient (Wildman–Crippen LogP) is 0.345. The molecule has 0 saturated carbocycles. The third kappa shape index (κ3) is 0.478. The molecule has 1 aliphatic rings. The van der Waals surface area contributed by atoms with E-state index in [1.807, 2.05) is 6.92 Å². The van der Waals surface area contributed by atoms with Crippen molar-refractivity contribution in [2.45, 2.75) is 13.0 Å². The molecule has 3 nitrogen and oxygen atoms in total. The van der Waals surface area contributed by atoms with E-state index < -0.39 is 0 Å². The first-order valence-electron chi connectivity index (χ1n) is 2.01. The zero-order valence-corrected chi connectivity index (χ0v) is 3.68. The molecule has 1 rings (SSSR count). The average molecular weight is 85.1 g/mol. The fourth-order valence-corrected chi connectivity index (χ4v) is 0.344. The van der Waals surface area contributed by atoms with Crippen LogP contribution in [0.5, 0.6) is 0 Å². The van der Waals surface area contributed by atoms with Crippen LogP contribution in [0.15, 0.2) is 10.3 Å². The third-order valence-corrected chi connectivity index (χ3v) is 0.704. The molecule has 1 atom stereocenters. The summed E-state index contributed by atoms with van der Waals surface area (Å²) in [7, 11) is 0. The molecule has 0 saturated heterocycles. The number of nitrogens with zero attached hydrogens (tertiary/aromatic N) is 2. The molecular formula is C3H7N3. The van der Waals surface area contributed by atoms with Gasteiger partial charge in [0.1, 0.15) is 0 Å². The van der Waals surface area contributed by atoms with Crippen molar-refractivity contribution in [1.82, 2.24) is 5.43 Å². The molecule has 0 aromatic carbocycles. The van der Waals surface area contributed by atoms with Crippen LogP contribution in [0.3, 0.4) is 0 Å². The Morgan fingerprint density at radius 3 is 2.83 bits per heavy atom. The van der Waals surface area contributed by atoms with Gasteiger partial charge in [-0.05, 0) is 6.92 Å². The van der Waals surface area contributed by atoms with Gasteiger partial charge in [-0.15, -0.1) is 0 Å². The maximum Gasteiger partial charge on any atom is 0.0835 e. The number of hydrogen-bond acceptors (Lipinski definition) is 3. The fourth-order valence-electron chi connectivity index (χ4n) is 0.344. The molecule has 0 aromatic heterocycles. The summed E-state index contributed by atoms with van der Waals surface area (Å²) >= 11 is 0. The summed E-state index contributed by atoms with van der Waals surface area (Å²) < 4.78 is 0. The molecule has 1 aliphatic heterocycles. The second-order valence-electron chi connectivity index (χ2n) is 1.45. The number of nitrogens with one attached hydrogen (secondary N) is 1. The van der Waals surface area contributed by atoms with E-state index in [1.165, 1.54) is 0 Å². The van der Waals surface area contributed by atoms with Crippen LogP contribution in [0.25, 0.3) is 0 Å². The molecule has 0 radical (unpaired) electrons. The Kier molecular flexibility index (Phi) is 0.742. The highest BCUT2D eigenvalue weighted by Crippen LogP contribution is 1.89. The van der Waals surface area contributed by atoms with Crippen LogP contribution in [0.2, 0.25) is 0 Å². The van der Waals surface area contributed by atoms with Crippen molar-refractivity contribution in [3.8, 4) is 0 Å². The summed E-state index contributed by atoms with van der Waals surface area (Å²) in [5.74, 6) is 0. The van der Waals surface area contributed by atoms with E-state index in [9.17, 15) is 0 Å². The van der Waals surface area contributed by atoms with Crippen molar-refractivity contribution in [2.24, 2.45) is 10.3 Å². The summed E-state index contributed by atoms with van der Waals surface area (Å²) in [6.07, 6.45) is 0. The van der Waals surface area contributed by atoms with Crippen LogP contribution in [-0.2, 0) is 0 Å². The maximum absolute atomic E-state index is 3.68. The lowest BCUT2D eigenvalue weighted by Crippen LogP contribution is -2.16. The highest BCUT2D eigenvalue weighted by atomic mass is 15.5. The highest BCUT2D eigenvalue weighted by molar-refractivity contribution is 4.61. The zero-order chi connectivity index (χ0) is 4.41. The Hall–Kier alpha value is -0.600. The lowest BCUT2D eigenvalue weighted by Gasteiger charge is -1.92. The Morgan fingerprint density at radius 2 is 2.67 bits per heavy atom. The molecule has 3 heteroatoms. The fraction of sp³-hybridized carbons (Fsp3) is 1.00. The third-order valence-electron chi connectivity index (χ3n) is 0.704. The summed E-state index contributed by atoms with van der Waals surface area (Å²) in [6, 6.07) is 0.463. The molecule has 0 bridgehead atoms. The Labute approximate surface area is 36.4 Å². The van der Waals surface area contributed by atoms with E-state index in [0.29, 0.717) is 6.04 Å². The van der Waals surface area contributed by atoms with E-state index in [1.54, 1.807) is 0 Å². The quantitative estimate of drug-likeness (QED) is 0.452. The predicted molar refractivity (Wildman–Crippen MR) is 22.3 cm³/mol. The summed E-state index contributed by atoms with van der Waals surface area (Å²) in [6.45, 7) is 2.88. The monoisotopic (exact) mass is 85.1 g/mol. The summed E-state index contributed by atoms with van der Waals surface area (Å²) in [4.78, 5) is 0. The van der Waals surface area contributed by atoms with Gasteiger partial charge in [0.2, 0.25) is 0 Å². The van der Waals surface area contributed by atoms with Gasteiger partial charge in [-0.1, -0.05) is 5.22 Å². The van der Waals surface area contributed by atoms with Gasteiger partial charge in [-0.3, -0.25) is 5.43 Å². The lowest BCUT2D eigenvalue weighted by molar-refractivity contribution is 0.658. The first-order valence-corrected chi connectivity index (χ1v) is 2.01. The van der Waals surface area contributed by atoms with Crippen LogP contribution in [0.4, 0.5) is 0 Å². The van der Waals surface area contributed by atoms with E-state index in [2.05, 4.69) is 15.8 Å². The number of rotatable bonds is 0. The average Bonchev–Trinajstić information content (AvgIpc) is 1.86. The standard InChI is InChI=1S/C3H7N3/c1-3-2-4-6-5-3/h3H,2H2,1H3,(H,4,5)/t3-/m1/s1. The molecule has 0 fully saturated rings. The van der Waals surface area contributed by atoms with Crippen molar-refractivity contribution in [3.05, 3.63) is 0 Å². The van der Waals surface area contributed by atoms with Crippen LogP contribution in [0.1, 0.15) is 6.92 Å². The largest absolute Gasteiger partial charge is 0.287 e. The Morgan fingerprint density at radius 1 is 1.83 bits per heavy atom. The van der Waals surface area contributed by atoms with Gasteiger partial charge in [0.15, 0.2) is 0 Å². The molecule has 0 aromatic rings. The van der Waals surface area contributed by atoms with Crippen molar-refractivity contribution in [1.29, 1.82) is 0 Å². The molecule has 0 unspecified atom stereocenters. The molecule has 0 spiro atoms. The molecule has 1 N–H and O–H groups in total. The van der Waals surface area contributed by atoms with Crippen LogP contribution < -0.4 is 5.43 Å². The smallest absolute Gasteiger partial charge is 0.0835 e. The molecule has 6 heavy (non-hydrogen) atoms. The van der Waals surface area contributed by atoms with Gasteiger partial charge in [0, 0.05) is 0 Å². The molecule has 1 heterocycles. The van der Waals surface area contributed by atoms with Crippen molar-refractivity contribution < 1.29 is 0 Å². The summed E-state index contributed by atoms with van der Waals surface area (Å²) in [5.41, 5.74) is 2.78. The molecular weight excluding hydrogens is 78.1 g/mol. The van der Waals surface area contributed by atoms with Crippen molar-refractivity contribution in [2.75, 3.05) is 6.54 Å². The van der Waals surface area contributed by atoms with E-state index in [4.69, 9.17) is 0 Å². The highest BCUT2D eigenvalue weighted by Gasteiger charge is 2.00. The van der Waals surface area contributed by atoms with Crippen molar-refractivity contribution >= 4 is 0 Å². The molecule has 0 amide bonds. The van der Waals surface area contributed by atoms with Gasteiger partial charge in [0.05, 0.1) is 12.6 Å². The van der Waals surface area contributed by atoms with E-state index >= 15 is 0 Å². The minimum atomic E-state index is 0.463. The number of hydrogen-bond donors (Lipinski definition) is 1. The maximum atomic E-state index is 3.68. The van der Waals surface area contributed by atoms with Crippen molar-refractivity contribution in [3.63, 3.8) is 0 Å². The summed E-state index contributed by atoms with van der Waals surface area (Å²) in [5, 5.41) is 7.22. The van der Waals surface area contributed by atoms with Crippen LogP contribution >= 0.6 is 0 Å². The van der Waals surface area contributed by atoms with Gasteiger partial charge in [-0.25, -0.2) is 0 Å². The first kappa shape index (κ1) is 3.59. The van der Waals surface area contributed by atoms with E-state index in [0.717, 1.165) is 6.54 Å². The Bertz CT molecular complexity index is 60.4. The molecule has 34 valence electrons. The topological polar surface area (TPSA) is 36.8 Å². The van der Waals surface area contributed by atoms with Crippen LogP contribution in [-0.4, -0.2) is 12.6 Å². The minimum absolute atomic E-state index is 0.463. The minimum Gasteiger partial charge on any atom is -0.287 e. The van der Waals surface area contributed by atoms with Gasteiger partial charge >= 0.3 is 0 Å². The second kappa shape index (κ2) is 1.24. The lowest BCUT2D eigenvalue weighted by atomic mass is 10.4.